The van der Waals surface area contributed by atoms with Crippen molar-refractivity contribution in [3.63, 3.8) is 0 Å². The number of ether oxygens (including phenoxy) is 2. The predicted octanol–water partition coefficient (Wildman–Crippen LogP) is 4.57. The number of hydrogen-bond acceptors (Lipinski definition) is 3. The number of fused-ring (bicyclic) bond motifs is 1. The van der Waals surface area contributed by atoms with Crippen molar-refractivity contribution in [3.8, 4) is 11.5 Å². The number of carbonyl (C=O) groups excluding carboxylic acids is 1. The van der Waals surface area contributed by atoms with Crippen molar-refractivity contribution in [1.29, 1.82) is 0 Å². The summed E-state index contributed by atoms with van der Waals surface area (Å²) in [5.74, 6) is 1.46. The van der Waals surface area contributed by atoms with Crippen LogP contribution in [-0.2, 0) is 4.79 Å². The Morgan fingerprint density at radius 3 is 2.69 bits per heavy atom. The highest BCUT2D eigenvalue weighted by atomic mass is 16.5. The molecule has 0 aromatic heterocycles. The van der Waals surface area contributed by atoms with Crippen LogP contribution in [0.25, 0.3) is 0 Å². The Hall–Kier alpha value is -2.49. The van der Waals surface area contributed by atoms with Gasteiger partial charge in [-0.3, -0.25) is 4.79 Å². The summed E-state index contributed by atoms with van der Waals surface area (Å²) in [6, 6.07) is 15.5. The van der Waals surface area contributed by atoms with E-state index in [0.29, 0.717) is 12.2 Å². The van der Waals surface area contributed by atoms with Crippen molar-refractivity contribution in [1.82, 2.24) is 5.32 Å². The zero-order valence-electron chi connectivity index (χ0n) is 15.9. The number of para-hydroxylation sites is 1. The van der Waals surface area contributed by atoms with Crippen molar-refractivity contribution in [2.24, 2.45) is 0 Å². The molecule has 0 unspecified atom stereocenters. The molecular formula is C22H27NO3. The first-order chi connectivity index (χ1) is 12.4. The summed E-state index contributed by atoms with van der Waals surface area (Å²) in [6.45, 7) is 8.10. The van der Waals surface area contributed by atoms with Gasteiger partial charge >= 0.3 is 0 Å². The molecule has 26 heavy (non-hydrogen) atoms. The number of carbonyl (C=O) groups is 1. The van der Waals surface area contributed by atoms with Crippen molar-refractivity contribution in [3.05, 3.63) is 59.7 Å². The molecule has 0 bridgehead atoms. The van der Waals surface area contributed by atoms with Crippen LogP contribution in [0.2, 0.25) is 0 Å². The highest BCUT2D eigenvalue weighted by Gasteiger charge is 2.35. The molecule has 1 heterocycles. The fraction of sp³-hybridized carbons (Fsp3) is 0.409. The average Bonchev–Trinajstić information content (AvgIpc) is 2.60. The van der Waals surface area contributed by atoms with Gasteiger partial charge in [-0.2, -0.15) is 0 Å². The molecule has 3 rings (SSSR count). The van der Waals surface area contributed by atoms with Gasteiger partial charge in [-0.05, 0) is 45.4 Å². The summed E-state index contributed by atoms with van der Waals surface area (Å²) < 4.78 is 12.0. The summed E-state index contributed by atoms with van der Waals surface area (Å²) in [5.41, 5.74) is 1.86. The molecule has 2 aromatic carbocycles. The molecule has 4 heteroatoms. The lowest BCUT2D eigenvalue weighted by molar-refractivity contribution is -0.129. The first kappa shape index (κ1) is 18.3. The molecule has 0 saturated heterocycles. The van der Waals surface area contributed by atoms with Crippen LogP contribution in [0.3, 0.4) is 0 Å². The third-order valence-corrected chi connectivity index (χ3v) is 4.62. The van der Waals surface area contributed by atoms with E-state index in [9.17, 15) is 4.79 Å². The van der Waals surface area contributed by atoms with E-state index in [-0.39, 0.29) is 17.6 Å². The van der Waals surface area contributed by atoms with Gasteiger partial charge in [0.05, 0.1) is 6.04 Å². The molecule has 0 spiro atoms. The van der Waals surface area contributed by atoms with Gasteiger partial charge in [0.15, 0.2) is 6.10 Å². The molecule has 2 atom stereocenters. The minimum atomic E-state index is -0.517. The van der Waals surface area contributed by atoms with E-state index in [1.54, 1.807) is 0 Å². The predicted molar refractivity (Wildman–Crippen MR) is 103 cm³/mol. The highest BCUT2D eigenvalue weighted by Crippen LogP contribution is 2.39. The summed E-state index contributed by atoms with van der Waals surface area (Å²) in [5, 5.41) is 3.19. The van der Waals surface area contributed by atoms with Crippen LogP contribution in [0, 0.1) is 6.92 Å². The smallest absolute Gasteiger partial charge is 0.261 e. The molecule has 2 aromatic rings. The Morgan fingerprint density at radius 1 is 1.27 bits per heavy atom. The minimum absolute atomic E-state index is 0.0884. The second kappa shape index (κ2) is 7.40. The van der Waals surface area contributed by atoms with Crippen molar-refractivity contribution in [2.45, 2.75) is 58.3 Å². The third kappa shape index (κ3) is 4.18. The topological polar surface area (TPSA) is 47.6 Å². The highest BCUT2D eigenvalue weighted by molar-refractivity contribution is 5.81. The van der Waals surface area contributed by atoms with Crippen LogP contribution in [0.4, 0.5) is 0 Å². The van der Waals surface area contributed by atoms with E-state index in [1.165, 1.54) is 0 Å². The van der Waals surface area contributed by atoms with Gasteiger partial charge in [0.25, 0.3) is 5.91 Å². The number of benzene rings is 2. The van der Waals surface area contributed by atoms with Gasteiger partial charge in [-0.15, -0.1) is 0 Å². The van der Waals surface area contributed by atoms with E-state index >= 15 is 0 Å². The molecule has 1 aliphatic rings. The van der Waals surface area contributed by atoms with E-state index in [1.807, 2.05) is 70.2 Å². The standard InChI is InChI=1S/C22H27NO3/c1-5-19(25-16-9-7-6-8-10-16)21(24)23-18-14-22(3,4)26-20-12-11-15(2)13-17(18)20/h6-13,18-19H,5,14H2,1-4H3,(H,23,24)/t18-,19+/m1/s1. The molecule has 1 amide bonds. The fourth-order valence-corrected chi connectivity index (χ4v) is 3.35. The number of rotatable bonds is 5. The first-order valence-electron chi connectivity index (χ1n) is 9.19. The quantitative estimate of drug-likeness (QED) is 0.856. The summed E-state index contributed by atoms with van der Waals surface area (Å²) >= 11 is 0. The van der Waals surface area contributed by atoms with Crippen molar-refractivity contribution >= 4 is 5.91 Å². The number of nitrogens with one attached hydrogen (secondary N) is 1. The Labute approximate surface area is 155 Å². The SMILES string of the molecule is CC[C@H](Oc1ccccc1)C(=O)N[C@@H]1CC(C)(C)Oc2ccc(C)cc21. The van der Waals surface area contributed by atoms with Gasteiger partial charge in [0, 0.05) is 12.0 Å². The van der Waals surface area contributed by atoms with Gasteiger partial charge in [-0.25, -0.2) is 0 Å². The van der Waals surface area contributed by atoms with Gasteiger partial charge in [-0.1, -0.05) is 42.8 Å². The Bertz CT molecular complexity index is 770. The summed E-state index contributed by atoms with van der Waals surface area (Å²) in [7, 11) is 0. The molecular weight excluding hydrogens is 326 g/mol. The molecule has 0 fully saturated rings. The lowest BCUT2D eigenvalue weighted by Gasteiger charge is -2.38. The van der Waals surface area contributed by atoms with Crippen LogP contribution in [0.1, 0.15) is 50.8 Å². The van der Waals surface area contributed by atoms with E-state index in [2.05, 4.69) is 11.4 Å². The molecule has 0 saturated carbocycles. The number of aryl methyl sites for hydroxylation is 1. The van der Waals surface area contributed by atoms with Gasteiger partial charge in [0.2, 0.25) is 0 Å². The summed E-state index contributed by atoms with van der Waals surface area (Å²) in [4.78, 5) is 12.9. The Morgan fingerprint density at radius 2 is 2.00 bits per heavy atom. The van der Waals surface area contributed by atoms with Gasteiger partial charge in [0.1, 0.15) is 17.1 Å². The normalized spacial score (nSPS) is 19.0. The monoisotopic (exact) mass is 353 g/mol. The Balaban J connectivity index is 1.78. The van der Waals surface area contributed by atoms with E-state index < -0.39 is 6.10 Å². The Kier molecular flexibility index (Phi) is 5.21. The van der Waals surface area contributed by atoms with Crippen LogP contribution in [0.5, 0.6) is 11.5 Å². The maximum atomic E-state index is 12.9. The minimum Gasteiger partial charge on any atom is -0.487 e. The van der Waals surface area contributed by atoms with Crippen LogP contribution in [-0.4, -0.2) is 17.6 Å². The maximum absolute atomic E-state index is 12.9. The molecule has 1 aliphatic heterocycles. The molecule has 0 radical (unpaired) electrons. The second-order valence-electron chi connectivity index (χ2n) is 7.50. The average molecular weight is 353 g/mol. The maximum Gasteiger partial charge on any atom is 0.261 e. The molecule has 138 valence electrons. The van der Waals surface area contributed by atoms with Crippen LogP contribution in [0.15, 0.2) is 48.5 Å². The van der Waals surface area contributed by atoms with Crippen molar-refractivity contribution in [2.75, 3.05) is 0 Å². The van der Waals surface area contributed by atoms with Gasteiger partial charge < -0.3 is 14.8 Å². The van der Waals surface area contributed by atoms with E-state index in [4.69, 9.17) is 9.47 Å². The fourth-order valence-electron chi connectivity index (χ4n) is 3.35. The zero-order valence-corrected chi connectivity index (χ0v) is 15.9. The van der Waals surface area contributed by atoms with E-state index in [0.717, 1.165) is 23.3 Å². The molecule has 4 nitrogen and oxygen atoms in total. The van der Waals surface area contributed by atoms with Crippen LogP contribution >= 0.6 is 0 Å². The zero-order chi connectivity index (χ0) is 18.7. The lowest BCUT2D eigenvalue weighted by atomic mass is 9.88. The second-order valence-corrected chi connectivity index (χ2v) is 7.50. The first-order valence-corrected chi connectivity index (χ1v) is 9.19. The van der Waals surface area contributed by atoms with Crippen molar-refractivity contribution < 1.29 is 14.3 Å². The van der Waals surface area contributed by atoms with Crippen LogP contribution < -0.4 is 14.8 Å². The molecule has 1 N–H and O–H groups in total. The summed E-state index contributed by atoms with van der Waals surface area (Å²) in [6.07, 6.45) is 0.807. The lowest BCUT2D eigenvalue weighted by Crippen LogP contribution is -2.45. The third-order valence-electron chi connectivity index (χ3n) is 4.62. The molecule has 0 aliphatic carbocycles. The largest absolute Gasteiger partial charge is 0.487 e. The number of hydrogen-bond donors (Lipinski definition) is 1. The number of amides is 1.